The number of nitrogens with two attached hydrogens (primary N) is 2. The van der Waals surface area contributed by atoms with E-state index in [-0.39, 0.29) is 22.9 Å². The number of hydrogen-bond acceptors (Lipinski definition) is 5. The first-order valence-corrected chi connectivity index (χ1v) is 8.22. The summed E-state index contributed by atoms with van der Waals surface area (Å²) < 4.78 is 57.3. The van der Waals surface area contributed by atoms with Gasteiger partial charge in [-0.05, 0) is 19.1 Å². The molecule has 0 aliphatic rings. The monoisotopic (exact) mass is 376 g/mol. The lowest BCUT2D eigenvalue weighted by Gasteiger charge is -1.96. The van der Waals surface area contributed by atoms with Gasteiger partial charge in [0.2, 0.25) is 5.89 Å². The van der Waals surface area contributed by atoms with Gasteiger partial charge in [-0.2, -0.15) is 13.4 Å². The number of aromatic nitrogens is 1. The Morgan fingerprint density at radius 3 is 2.16 bits per heavy atom. The molecule has 0 radical (unpaired) electrons. The smallest absolute Gasteiger partial charge is 0.302 e. The average Bonchev–Trinajstić information content (AvgIpc) is 2.77. The van der Waals surface area contributed by atoms with Crippen molar-refractivity contribution in [3.63, 3.8) is 0 Å². The highest BCUT2D eigenvalue weighted by molar-refractivity contribution is 7.85. The number of carbonyl (C=O) groups excluding carboxylic acids is 1. The van der Waals surface area contributed by atoms with Crippen LogP contribution in [-0.2, 0) is 10.1 Å². The van der Waals surface area contributed by atoms with Crippen molar-refractivity contribution in [2.24, 2.45) is 16.5 Å². The number of hydrogen-bond donors (Lipinski definition) is 3. The lowest BCUT2D eigenvalue weighted by atomic mass is 10.2. The van der Waals surface area contributed by atoms with Gasteiger partial charge in [0.25, 0.3) is 10.1 Å². The fourth-order valence-electron chi connectivity index (χ4n) is 1.57. The Bertz CT molecular complexity index is 892. The van der Waals surface area contributed by atoms with Crippen LogP contribution in [0.3, 0.4) is 0 Å². The summed E-state index contributed by atoms with van der Waals surface area (Å²) >= 11 is 0. The van der Waals surface area contributed by atoms with Crippen LogP contribution in [0.1, 0.15) is 16.2 Å². The van der Waals surface area contributed by atoms with Gasteiger partial charge in [0, 0.05) is 11.6 Å². The zero-order valence-electron chi connectivity index (χ0n) is 13.0. The van der Waals surface area contributed by atoms with Crippen LogP contribution < -0.4 is 11.5 Å². The lowest BCUT2D eigenvalue weighted by molar-refractivity contribution is 0.0997. The average molecular weight is 376 g/mol. The second kappa shape index (κ2) is 7.81. The lowest BCUT2D eigenvalue weighted by Crippen LogP contribution is -2.24. The minimum atomic E-state index is -3.67. The standard InChI is InChI=1S/C12H10F2N4O2.CH4O3S/c1-5-9(10(19)18-12(15)16)17-11(20-5)6-2-7(13)4-8(14)3-6;1-5(2,3)4/h2-4H,1H3,(H4,15,16,18,19);1H3,(H,2,3,4). The fourth-order valence-corrected chi connectivity index (χ4v) is 1.57. The molecule has 0 fully saturated rings. The number of aliphatic imine (C=N–C) groups is 1. The number of guanidine groups is 1. The van der Waals surface area contributed by atoms with Crippen LogP contribution >= 0.6 is 0 Å². The van der Waals surface area contributed by atoms with E-state index in [4.69, 9.17) is 20.4 Å². The van der Waals surface area contributed by atoms with E-state index in [1.807, 2.05) is 0 Å². The van der Waals surface area contributed by atoms with Crippen molar-refractivity contribution in [2.75, 3.05) is 6.26 Å². The van der Waals surface area contributed by atoms with E-state index in [1.165, 1.54) is 6.92 Å². The van der Waals surface area contributed by atoms with Gasteiger partial charge in [0.05, 0.1) is 6.26 Å². The van der Waals surface area contributed by atoms with Gasteiger partial charge in [0.1, 0.15) is 17.4 Å². The molecule has 136 valence electrons. The molecule has 0 spiro atoms. The summed E-state index contributed by atoms with van der Waals surface area (Å²) in [5.74, 6) is -2.75. The van der Waals surface area contributed by atoms with Gasteiger partial charge in [-0.25, -0.2) is 13.8 Å². The Hall–Kier alpha value is -2.86. The Kier molecular flexibility index (Phi) is 6.30. The zero-order valence-corrected chi connectivity index (χ0v) is 13.8. The quantitative estimate of drug-likeness (QED) is 0.394. The Morgan fingerprint density at radius 1 is 1.24 bits per heavy atom. The molecule has 1 aromatic heterocycles. The summed E-state index contributed by atoms with van der Waals surface area (Å²) in [6.07, 6.45) is 0.715. The van der Waals surface area contributed by atoms with Gasteiger partial charge in [-0.15, -0.1) is 0 Å². The van der Waals surface area contributed by atoms with Crippen molar-refractivity contribution < 1.29 is 31.0 Å². The molecule has 0 atom stereocenters. The molecule has 12 heteroatoms. The van der Waals surface area contributed by atoms with Crippen LogP contribution in [0.15, 0.2) is 27.6 Å². The Labute approximate surface area is 141 Å². The number of oxazole rings is 1. The van der Waals surface area contributed by atoms with Crippen LogP contribution in [0.25, 0.3) is 11.5 Å². The van der Waals surface area contributed by atoms with E-state index in [0.717, 1.165) is 12.1 Å². The predicted octanol–water partition coefficient (Wildman–Crippen LogP) is 0.846. The molecule has 1 heterocycles. The minimum absolute atomic E-state index is 0.0642. The fraction of sp³-hybridized carbons (Fsp3) is 0.154. The van der Waals surface area contributed by atoms with E-state index in [0.29, 0.717) is 12.3 Å². The molecule has 0 bridgehead atoms. The number of amides is 1. The number of aryl methyl sites for hydroxylation is 1. The summed E-state index contributed by atoms with van der Waals surface area (Å²) in [5, 5.41) is 0. The largest absolute Gasteiger partial charge is 0.441 e. The topological polar surface area (TPSA) is 162 Å². The third-order valence-electron chi connectivity index (χ3n) is 2.34. The second-order valence-electron chi connectivity index (χ2n) is 4.66. The Balaban J connectivity index is 0.000000550. The van der Waals surface area contributed by atoms with Crippen molar-refractivity contribution in [3.05, 3.63) is 41.3 Å². The molecule has 9 nitrogen and oxygen atoms in total. The SMILES string of the molecule is CS(=O)(=O)O.Cc1oc(-c2cc(F)cc(F)c2)nc1C(=O)N=C(N)N. The summed E-state index contributed by atoms with van der Waals surface area (Å²) in [6.45, 7) is 1.46. The minimum Gasteiger partial charge on any atom is -0.441 e. The van der Waals surface area contributed by atoms with Gasteiger partial charge in [-0.3, -0.25) is 9.35 Å². The molecular formula is C13H14F2N4O5S. The number of rotatable bonds is 2. The molecule has 0 saturated carbocycles. The predicted molar refractivity (Wildman–Crippen MR) is 84.2 cm³/mol. The van der Waals surface area contributed by atoms with Crippen molar-refractivity contribution >= 4 is 22.0 Å². The highest BCUT2D eigenvalue weighted by Gasteiger charge is 2.18. The van der Waals surface area contributed by atoms with E-state index in [9.17, 15) is 22.0 Å². The van der Waals surface area contributed by atoms with E-state index in [2.05, 4.69) is 9.98 Å². The van der Waals surface area contributed by atoms with Gasteiger partial charge >= 0.3 is 5.91 Å². The van der Waals surface area contributed by atoms with Crippen LogP contribution in [0, 0.1) is 18.6 Å². The molecule has 25 heavy (non-hydrogen) atoms. The van der Waals surface area contributed by atoms with Crippen LogP contribution in [0.4, 0.5) is 8.78 Å². The van der Waals surface area contributed by atoms with E-state index >= 15 is 0 Å². The molecule has 2 rings (SSSR count). The number of carbonyl (C=O) groups is 1. The Morgan fingerprint density at radius 2 is 1.72 bits per heavy atom. The normalized spacial score (nSPS) is 10.6. The molecule has 1 aromatic carbocycles. The molecule has 0 aliphatic carbocycles. The van der Waals surface area contributed by atoms with Gasteiger partial charge in [0.15, 0.2) is 11.7 Å². The van der Waals surface area contributed by atoms with Crippen molar-refractivity contribution in [1.82, 2.24) is 4.98 Å². The summed E-state index contributed by atoms with van der Waals surface area (Å²) in [5.41, 5.74) is 10.1. The molecular weight excluding hydrogens is 362 g/mol. The van der Waals surface area contributed by atoms with E-state index in [1.54, 1.807) is 0 Å². The zero-order chi connectivity index (χ0) is 19.4. The third kappa shape index (κ3) is 7.05. The van der Waals surface area contributed by atoms with Crippen molar-refractivity contribution in [2.45, 2.75) is 6.92 Å². The van der Waals surface area contributed by atoms with E-state index < -0.39 is 33.6 Å². The van der Waals surface area contributed by atoms with Gasteiger partial charge in [-0.1, -0.05) is 0 Å². The van der Waals surface area contributed by atoms with Crippen LogP contribution in [0.2, 0.25) is 0 Å². The van der Waals surface area contributed by atoms with Crippen LogP contribution in [0.5, 0.6) is 0 Å². The maximum absolute atomic E-state index is 13.1. The highest BCUT2D eigenvalue weighted by atomic mass is 32.2. The maximum atomic E-state index is 13.1. The first-order chi connectivity index (χ1) is 11.4. The molecule has 5 N–H and O–H groups in total. The summed E-state index contributed by atoms with van der Waals surface area (Å²) in [7, 11) is -3.67. The molecule has 0 aliphatic heterocycles. The highest BCUT2D eigenvalue weighted by Crippen LogP contribution is 2.23. The first kappa shape index (κ1) is 20.2. The molecule has 0 unspecified atom stereocenters. The van der Waals surface area contributed by atoms with Crippen molar-refractivity contribution in [1.29, 1.82) is 0 Å². The third-order valence-corrected chi connectivity index (χ3v) is 2.34. The number of nitrogens with zero attached hydrogens (tertiary/aromatic N) is 2. The number of benzene rings is 1. The van der Waals surface area contributed by atoms with Crippen LogP contribution in [-0.4, -0.2) is 36.1 Å². The summed E-state index contributed by atoms with van der Waals surface area (Å²) in [6, 6.07) is 2.77. The molecule has 0 saturated heterocycles. The maximum Gasteiger partial charge on any atom is 0.302 e. The number of halogens is 2. The second-order valence-corrected chi connectivity index (χ2v) is 6.12. The van der Waals surface area contributed by atoms with Gasteiger partial charge < -0.3 is 15.9 Å². The molecule has 2 aromatic rings. The first-order valence-electron chi connectivity index (χ1n) is 6.37. The molecule has 1 amide bonds. The summed E-state index contributed by atoms with van der Waals surface area (Å²) in [4.78, 5) is 18.8. The van der Waals surface area contributed by atoms with Crippen molar-refractivity contribution in [3.8, 4) is 11.5 Å².